The van der Waals surface area contributed by atoms with Crippen molar-refractivity contribution in [2.45, 2.75) is 26.2 Å². The molecule has 28 heavy (non-hydrogen) atoms. The van der Waals surface area contributed by atoms with Gasteiger partial charge in [-0.15, -0.1) is 11.3 Å². The zero-order chi connectivity index (χ0) is 18.4. The number of benzene rings is 1. The van der Waals surface area contributed by atoms with Crippen LogP contribution in [0.5, 0.6) is 0 Å². The van der Waals surface area contributed by atoms with Gasteiger partial charge in [0.05, 0.1) is 23.6 Å². The quantitative estimate of drug-likeness (QED) is 0.514. The predicted molar refractivity (Wildman–Crippen MR) is 109 cm³/mol. The summed E-state index contributed by atoms with van der Waals surface area (Å²) in [6.07, 6.45) is 5.21. The summed E-state index contributed by atoms with van der Waals surface area (Å²) in [5.74, 6) is 1.62. The van der Waals surface area contributed by atoms with Crippen molar-refractivity contribution in [3.63, 3.8) is 0 Å². The van der Waals surface area contributed by atoms with E-state index in [2.05, 4.69) is 19.1 Å². The Hall–Kier alpha value is -2.61. The number of hydrogen-bond acceptors (Lipinski definition) is 4. The predicted octanol–water partition coefficient (Wildman–Crippen LogP) is 3.22. The first-order valence-corrected chi connectivity index (χ1v) is 10.0. The van der Waals surface area contributed by atoms with Crippen molar-refractivity contribution in [1.29, 1.82) is 5.26 Å². The number of aryl methyl sites for hydroxylation is 1. The molecule has 1 atom stereocenters. The maximum atomic E-state index is 9.05. The van der Waals surface area contributed by atoms with E-state index >= 15 is 0 Å². The molecule has 0 bridgehead atoms. The van der Waals surface area contributed by atoms with E-state index in [1.54, 1.807) is 6.26 Å². The second kappa shape index (κ2) is 7.43. The van der Waals surface area contributed by atoms with E-state index in [-0.39, 0.29) is 12.4 Å². The van der Waals surface area contributed by atoms with Crippen LogP contribution in [0.2, 0.25) is 0 Å². The zero-order valence-corrected chi connectivity index (χ0v) is 17.0. The van der Waals surface area contributed by atoms with Gasteiger partial charge in [0.25, 0.3) is 0 Å². The van der Waals surface area contributed by atoms with Crippen molar-refractivity contribution in [3.05, 3.63) is 64.7 Å². The minimum absolute atomic E-state index is 0. The van der Waals surface area contributed by atoms with Crippen molar-refractivity contribution in [1.82, 2.24) is 4.98 Å². The molecule has 140 valence electrons. The molecular weight excluding hydrogens is 388 g/mol. The average molecular weight is 406 g/mol. The highest BCUT2D eigenvalue weighted by Gasteiger charge is 2.24. The molecule has 3 heterocycles. The van der Waals surface area contributed by atoms with Gasteiger partial charge in [-0.3, -0.25) is 0 Å². The van der Waals surface area contributed by atoms with Gasteiger partial charge in [-0.2, -0.15) is 5.26 Å². The van der Waals surface area contributed by atoms with Crippen LogP contribution in [0.3, 0.4) is 0 Å². The highest BCUT2D eigenvalue weighted by Crippen LogP contribution is 2.43. The van der Waals surface area contributed by atoms with E-state index in [0.717, 1.165) is 46.2 Å². The van der Waals surface area contributed by atoms with Crippen molar-refractivity contribution in [2.24, 2.45) is 5.92 Å². The topological polar surface area (TPSA) is 49.8 Å². The van der Waals surface area contributed by atoms with E-state index in [9.17, 15) is 0 Å². The standard InChI is InChI=1S/C23H18N2OS.ClH/c1-14-4-9-17-21(11-14)27-23-22(17)18(20-3-2-10-26-20)12-19(25-23)16-7-5-15(13-24)6-8-16;/h2-3,5-8,10,12,14H,4,9,11H2,1H3;1H/p-1. The second-order valence-electron chi connectivity index (χ2n) is 7.25. The van der Waals surface area contributed by atoms with Gasteiger partial charge in [0.1, 0.15) is 10.6 Å². The Balaban J connectivity index is 0.00000192. The largest absolute Gasteiger partial charge is 1.00 e. The third kappa shape index (κ3) is 3.11. The van der Waals surface area contributed by atoms with Crippen molar-refractivity contribution < 1.29 is 16.8 Å². The molecule has 0 amide bonds. The molecule has 5 heteroatoms. The molecule has 1 aliphatic carbocycles. The smallest absolute Gasteiger partial charge is 0.134 e. The molecule has 0 aliphatic heterocycles. The maximum absolute atomic E-state index is 9.05. The van der Waals surface area contributed by atoms with Gasteiger partial charge in [0, 0.05) is 21.4 Å². The summed E-state index contributed by atoms with van der Waals surface area (Å²) in [4.78, 5) is 7.55. The summed E-state index contributed by atoms with van der Waals surface area (Å²) in [6.45, 7) is 2.33. The molecular formula is C23H18ClN2OS-. The van der Waals surface area contributed by atoms with E-state index in [1.807, 2.05) is 47.7 Å². The first kappa shape index (κ1) is 18.7. The summed E-state index contributed by atoms with van der Waals surface area (Å²) >= 11 is 1.83. The molecule has 3 aromatic heterocycles. The number of pyridine rings is 1. The Morgan fingerprint density at radius 1 is 1.21 bits per heavy atom. The van der Waals surface area contributed by atoms with Crippen molar-refractivity contribution in [3.8, 4) is 28.7 Å². The highest BCUT2D eigenvalue weighted by atomic mass is 35.5. The fourth-order valence-electron chi connectivity index (χ4n) is 3.93. The minimum Gasteiger partial charge on any atom is -1.00 e. The number of hydrogen-bond donors (Lipinski definition) is 0. The first-order chi connectivity index (χ1) is 13.2. The van der Waals surface area contributed by atoms with Crippen molar-refractivity contribution >= 4 is 21.6 Å². The van der Waals surface area contributed by atoms with Crippen LogP contribution in [-0.4, -0.2) is 4.98 Å². The Kier molecular flexibility index (Phi) is 4.97. The Bertz CT molecular complexity index is 1170. The van der Waals surface area contributed by atoms with Crippen LogP contribution in [0, 0.1) is 17.2 Å². The molecule has 1 aromatic carbocycles. The number of fused-ring (bicyclic) bond motifs is 3. The van der Waals surface area contributed by atoms with Gasteiger partial charge >= 0.3 is 0 Å². The van der Waals surface area contributed by atoms with E-state index in [1.165, 1.54) is 22.2 Å². The second-order valence-corrected chi connectivity index (χ2v) is 8.34. The number of thiophene rings is 1. The number of aromatic nitrogens is 1. The normalized spacial score (nSPS) is 15.6. The molecule has 0 N–H and O–H groups in total. The van der Waals surface area contributed by atoms with Gasteiger partial charge in [0.15, 0.2) is 0 Å². The number of rotatable bonds is 2. The van der Waals surface area contributed by atoms with Crippen LogP contribution >= 0.6 is 11.3 Å². The number of furan rings is 1. The summed E-state index contributed by atoms with van der Waals surface area (Å²) in [5, 5.41) is 10.3. The summed E-state index contributed by atoms with van der Waals surface area (Å²) < 4.78 is 5.77. The van der Waals surface area contributed by atoms with Crippen LogP contribution in [0.1, 0.15) is 29.3 Å². The van der Waals surface area contributed by atoms with Gasteiger partial charge in [0.2, 0.25) is 0 Å². The zero-order valence-electron chi connectivity index (χ0n) is 15.4. The molecule has 0 saturated heterocycles. The van der Waals surface area contributed by atoms with E-state index in [4.69, 9.17) is 14.7 Å². The maximum Gasteiger partial charge on any atom is 0.134 e. The molecule has 0 spiro atoms. The molecule has 0 fully saturated rings. The van der Waals surface area contributed by atoms with Gasteiger partial charge in [-0.05, 0) is 61.1 Å². The fraction of sp³-hybridized carbons (Fsp3) is 0.217. The third-order valence-corrected chi connectivity index (χ3v) is 6.51. The summed E-state index contributed by atoms with van der Waals surface area (Å²) in [5.41, 5.74) is 5.18. The van der Waals surface area contributed by atoms with Crippen LogP contribution in [0.25, 0.3) is 32.8 Å². The minimum atomic E-state index is 0. The molecule has 0 saturated carbocycles. The fourth-order valence-corrected chi connectivity index (χ4v) is 5.34. The van der Waals surface area contributed by atoms with Gasteiger partial charge in [-0.1, -0.05) is 19.1 Å². The number of nitriles is 1. The van der Waals surface area contributed by atoms with Gasteiger partial charge < -0.3 is 16.8 Å². The monoisotopic (exact) mass is 405 g/mol. The van der Waals surface area contributed by atoms with Crippen molar-refractivity contribution in [2.75, 3.05) is 0 Å². The van der Waals surface area contributed by atoms with Crippen LogP contribution < -0.4 is 12.4 Å². The first-order valence-electron chi connectivity index (χ1n) is 9.22. The molecule has 1 unspecified atom stereocenters. The molecule has 4 aromatic rings. The molecule has 3 nitrogen and oxygen atoms in total. The number of halogens is 1. The lowest BCUT2D eigenvalue weighted by atomic mass is 9.88. The average Bonchev–Trinajstić information content (AvgIpc) is 3.34. The molecule has 1 aliphatic rings. The lowest BCUT2D eigenvalue weighted by Crippen LogP contribution is -3.00. The lowest BCUT2D eigenvalue weighted by molar-refractivity contribution is -0.00000601. The Morgan fingerprint density at radius 2 is 2.04 bits per heavy atom. The summed E-state index contributed by atoms with van der Waals surface area (Å²) in [6, 6.07) is 15.9. The van der Waals surface area contributed by atoms with Gasteiger partial charge in [-0.25, -0.2) is 4.98 Å². The summed E-state index contributed by atoms with van der Waals surface area (Å²) in [7, 11) is 0. The highest BCUT2D eigenvalue weighted by molar-refractivity contribution is 7.19. The Labute approximate surface area is 174 Å². The van der Waals surface area contributed by atoms with Crippen LogP contribution in [0.4, 0.5) is 0 Å². The molecule has 5 rings (SSSR count). The third-order valence-electron chi connectivity index (χ3n) is 5.36. The number of nitrogens with zero attached hydrogens (tertiary/aromatic N) is 2. The lowest BCUT2D eigenvalue weighted by Gasteiger charge is -2.18. The van der Waals surface area contributed by atoms with E-state index in [0.29, 0.717) is 5.56 Å². The van der Waals surface area contributed by atoms with Crippen LogP contribution in [-0.2, 0) is 12.8 Å². The molecule has 0 radical (unpaired) electrons. The Morgan fingerprint density at radius 3 is 2.75 bits per heavy atom. The SMILES string of the molecule is CC1CCc2c(sc3nc(-c4ccc(C#N)cc4)cc(-c4ccco4)c23)C1.[Cl-]. The van der Waals surface area contributed by atoms with Crippen LogP contribution in [0.15, 0.2) is 53.1 Å². The van der Waals surface area contributed by atoms with E-state index < -0.39 is 0 Å².